The lowest BCUT2D eigenvalue weighted by atomic mass is 10.2. The second-order valence-electron chi connectivity index (χ2n) is 4.58. The first-order valence-corrected chi connectivity index (χ1v) is 6.70. The van der Waals surface area contributed by atoms with E-state index in [0.29, 0.717) is 17.9 Å². The van der Waals surface area contributed by atoms with E-state index in [1.807, 2.05) is 37.3 Å². The molecular formula is C16H19N3O. The average Bonchev–Trinajstić information content (AvgIpc) is 2.48. The molecule has 4 heteroatoms. The number of carbonyl (C=O) groups is 1. The van der Waals surface area contributed by atoms with E-state index in [4.69, 9.17) is 0 Å². The maximum absolute atomic E-state index is 12.5. The molecule has 20 heavy (non-hydrogen) atoms. The zero-order valence-corrected chi connectivity index (χ0v) is 11.8. The highest BCUT2D eigenvalue weighted by molar-refractivity contribution is 5.98. The molecule has 0 aliphatic carbocycles. The van der Waals surface area contributed by atoms with Crippen LogP contribution in [-0.2, 0) is 6.54 Å². The van der Waals surface area contributed by atoms with Gasteiger partial charge in [-0.1, -0.05) is 30.3 Å². The van der Waals surface area contributed by atoms with E-state index in [9.17, 15) is 4.79 Å². The fourth-order valence-electron chi connectivity index (χ4n) is 2.02. The third kappa shape index (κ3) is 3.35. The number of carbonyl (C=O) groups excluding carboxylic acids is 1. The van der Waals surface area contributed by atoms with Crippen molar-refractivity contribution in [3.63, 3.8) is 0 Å². The fourth-order valence-corrected chi connectivity index (χ4v) is 2.02. The Bertz CT molecular complexity index is 569. The summed E-state index contributed by atoms with van der Waals surface area (Å²) < 4.78 is 0. The molecule has 0 aliphatic heterocycles. The Kier molecular flexibility index (Phi) is 4.71. The number of benzene rings is 1. The zero-order valence-electron chi connectivity index (χ0n) is 11.8. The van der Waals surface area contributed by atoms with Gasteiger partial charge in [-0.15, -0.1) is 0 Å². The smallest absolute Gasteiger partial charge is 0.257 e. The maximum atomic E-state index is 12.5. The summed E-state index contributed by atoms with van der Waals surface area (Å²) in [4.78, 5) is 18.4. The van der Waals surface area contributed by atoms with Crippen LogP contribution in [0.15, 0.2) is 48.7 Å². The van der Waals surface area contributed by atoms with Gasteiger partial charge in [0.05, 0.1) is 5.56 Å². The SMILES string of the molecule is CCNc1ncccc1C(=O)N(C)Cc1ccccc1. The fraction of sp³-hybridized carbons (Fsp3) is 0.250. The van der Waals surface area contributed by atoms with Crippen molar-refractivity contribution in [3.05, 3.63) is 59.8 Å². The molecule has 0 unspecified atom stereocenters. The molecule has 0 spiro atoms. The van der Waals surface area contributed by atoms with Crippen LogP contribution in [0.4, 0.5) is 5.82 Å². The van der Waals surface area contributed by atoms with Gasteiger partial charge in [-0.05, 0) is 24.6 Å². The van der Waals surface area contributed by atoms with E-state index in [1.165, 1.54) is 0 Å². The summed E-state index contributed by atoms with van der Waals surface area (Å²) in [7, 11) is 1.80. The van der Waals surface area contributed by atoms with Crippen LogP contribution >= 0.6 is 0 Å². The van der Waals surface area contributed by atoms with Crippen molar-refractivity contribution in [2.75, 3.05) is 18.9 Å². The molecular weight excluding hydrogens is 250 g/mol. The van der Waals surface area contributed by atoms with Gasteiger partial charge in [-0.3, -0.25) is 4.79 Å². The summed E-state index contributed by atoms with van der Waals surface area (Å²) in [6.07, 6.45) is 1.69. The Morgan fingerprint density at radius 3 is 2.65 bits per heavy atom. The zero-order chi connectivity index (χ0) is 14.4. The van der Waals surface area contributed by atoms with Crippen molar-refractivity contribution in [3.8, 4) is 0 Å². The summed E-state index contributed by atoms with van der Waals surface area (Å²) in [5.41, 5.74) is 1.71. The van der Waals surface area contributed by atoms with E-state index in [-0.39, 0.29) is 5.91 Å². The highest BCUT2D eigenvalue weighted by atomic mass is 16.2. The topological polar surface area (TPSA) is 45.2 Å². The Labute approximate surface area is 119 Å². The van der Waals surface area contributed by atoms with E-state index >= 15 is 0 Å². The van der Waals surface area contributed by atoms with Crippen LogP contribution in [0.1, 0.15) is 22.8 Å². The highest BCUT2D eigenvalue weighted by Crippen LogP contribution is 2.15. The molecule has 1 amide bonds. The standard InChI is InChI=1S/C16H19N3O/c1-3-17-15-14(10-7-11-18-15)16(20)19(2)12-13-8-5-4-6-9-13/h4-11H,3,12H2,1-2H3,(H,17,18). The number of nitrogens with one attached hydrogen (secondary N) is 1. The van der Waals surface area contributed by atoms with E-state index in [1.54, 1.807) is 30.3 Å². The van der Waals surface area contributed by atoms with Crippen LogP contribution in [0.3, 0.4) is 0 Å². The van der Waals surface area contributed by atoms with E-state index in [0.717, 1.165) is 12.1 Å². The molecule has 0 radical (unpaired) electrons. The van der Waals surface area contributed by atoms with Crippen molar-refractivity contribution in [1.29, 1.82) is 0 Å². The summed E-state index contributed by atoms with van der Waals surface area (Å²) in [6, 6.07) is 13.5. The molecule has 0 saturated heterocycles. The molecule has 0 atom stereocenters. The van der Waals surface area contributed by atoms with Gasteiger partial charge >= 0.3 is 0 Å². The molecule has 4 nitrogen and oxygen atoms in total. The van der Waals surface area contributed by atoms with Crippen LogP contribution in [-0.4, -0.2) is 29.4 Å². The van der Waals surface area contributed by atoms with Gasteiger partial charge in [-0.2, -0.15) is 0 Å². The van der Waals surface area contributed by atoms with Crippen molar-refractivity contribution in [2.45, 2.75) is 13.5 Å². The maximum Gasteiger partial charge on any atom is 0.257 e. The quantitative estimate of drug-likeness (QED) is 0.907. The predicted octanol–water partition coefficient (Wildman–Crippen LogP) is 2.79. The lowest BCUT2D eigenvalue weighted by Crippen LogP contribution is -2.27. The number of amides is 1. The van der Waals surface area contributed by atoms with Crippen LogP contribution in [0, 0.1) is 0 Å². The Balaban J connectivity index is 2.14. The molecule has 1 heterocycles. The first kappa shape index (κ1) is 14.1. The van der Waals surface area contributed by atoms with Gasteiger partial charge in [-0.25, -0.2) is 4.98 Å². The van der Waals surface area contributed by atoms with Crippen molar-refractivity contribution >= 4 is 11.7 Å². The van der Waals surface area contributed by atoms with Gasteiger partial charge in [0.15, 0.2) is 0 Å². The summed E-state index contributed by atoms with van der Waals surface area (Å²) in [6.45, 7) is 3.30. The monoisotopic (exact) mass is 269 g/mol. The van der Waals surface area contributed by atoms with Gasteiger partial charge in [0.25, 0.3) is 5.91 Å². The van der Waals surface area contributed by atoms with Crippen LogP contribution in [0.5, 0.6) is 0 Å². The Morgan fingerprint density at radius 2 is 1.95 bits per heavy atom. The number of aromatic nitrogens is 1. The highest BCUT2D eigenvalue weighted by Gasteiger charge is 2.16. The normalized spacial score (nSPS) is 10.1. The molecule has 0 fully saturated rings. The molecule has 0 saturated carbocycles. The molecule has 0 aliphatic rings. The minimum Gasteiger partial charge on any atom is -0.370 e. The lowest BCUT2D eigenvalue weighted by molar-refractivity contribution is 0.0785. The number of nitrogens with zero attached hydrogens (tertiary/aromatic N) is 2. The van der Waals surface area contributed by atoms with Gasteiger partial charge in [0, 0.05) is 26.3 Å². The number of anilines is 1. The molecule has 1 N–H and O–H groups in total. The van der Waals surface area contributed by atoms with Gasteiger partial charge in [0.1, 0.15) is 5.82 Å². The third-order valence-electron chi connectivity index (χ3n) is 2.99. The largest absolute Gasteiger partial charge is 0.370 e. The number of hydrogen-bond donors (Lipinski definition) is 1. The minimum atomic E-state index is -0.0297. The van der Waals surface area contributed by atoms with Crippen LogP contribution in [0.25, 0.3) is 0 Å². The Hall–Kier alpha value is -2.36. The Morgan fingerprint density at radius 1 is 1.20 bits per heavy atom. The summed E-state index contributed by atoms with van der Waals surface area (Å²) >= 11 is 0. The average molecular weight is 269 g/mol. The molecule has 1 aromatic carbocycles. The van der Waals surface area contributed by atoms with Crippen molar-refractivity contribution in [2.24, 2.45) is 0 Å². The number of pyridine rings is 1. The molecule has 1 aromatic heterocycles. The van der Waals surface area contributed by atoms with Gasteiger partial charge in [0.2, 0.25) is 0 Å². The molecule has 2 rings (SSSR count). The molecule has 104 valence electrons. The van der Waals surface area contributed by atoms with Crippen molar-refractivity contribution in [1.82, 2.24) is 9.88 Å². The summed E-state index contributed by atoms with van der Waals surface area (Å²) in [5.74, 6) is 0.609. The summed E-state index contributed by atoms with van der Waals surface area (Å²) in [5, 5.41) is 3.12. The predicted molar refractivity (Wildman–Crippen MR) is 80.6 cm³/mol. The van der Waals surface area contributed by atoms with Crippen molar-refractivity contribution < 1.29 is 4.79 Å². The minimum absolute atomic E-state index is 0.0297. The second-order valence-corrected chi connectivity index (χ2v) is 4.58. The number of hydrogen-bond acceptors (Lipinski definition) is 3. The van der Waals surface area contributed by atoms with E-state index in [2.05, 4.69) is 10.3 Å². The third-order valence-corrected chi connectivity index (χ3v) is 2.99. The number of rotatable bonds is 5. The lowest BCUT2D eigenvalue weighted by Gasteiger charge is -2.19. The van der Waals surface area contributed by atoms with E-state index < -0.39 is 0 Å². The molecule has 2 aromatic rings. The van der Waals surface area contributed by atoms with Crippen LogP contribution in [0.2, 0.25) is 0 Å². The first-order chi connectivity index (χ1) is 9.72. The second kappa shape index (κ2) is 6.70. The first-order valence-electron chi connectivity index (χ1n) is 6.70. The van der Waals surface area contributed by atoms with Crippen LogP contribution < -0.4 is 5.32 Å². The van der Waals surface area contributed by atoms with Gasteiger partial charge < -0.3 is 10.2 Å². The molecule has 0 bridgehead atoms.